The van der Waals surface area contributed by atoms with Gasteiger partial charge in [0.15, 0.2) is 0 Å². The van der Waals surface area contributed by atoms with E-state index in [4.69, 9.17) is 23.2 Å². The standard InChI is InChI=1S/C12H24N8/c13-9(19-15)17-11-2-7-1-8(4-11)5-12(3-7,6-11)18-10(14)20-16/h7-8H,1-6,15-16H2,(H3,13,17,19)(H3,14,18,20). The van der Waals surface area contributed by atoms with E-state index in [0.29, 0.717) is 23.8 Å². The maximum Gasteiger partial charge on any atom is 0.211 e. The fourth-order valence-electron chi connectivity index (χ4n) is 5.08. The molecule has 4 fully saturated rings. The first-order valence-electron chi connectivity index (χ1n) is 7.12. The van der Waals surface area contributed by atoms with Crippen LogP contribution in [0.4, 0.5) is 0 Å². The highest BCUT2D eigenvalue weighted by atomic mass is 15.3. The Hall–Kier alpha value is -1.70. The molecule has 0 heterocycles. The molecule has 0 amide bonds. The fourth-order valence-corrected chi connectivity index (χ4v) is 5.08. The van der Waals surface area contributed by atoms with Crippen LogP contribution in [0.2, 0.25) is 0 Å². The Morgan fingerprint density at radius 2 is 1.70 bits per heavy atom. The van der Waals surface area contributed by atoms with Crippen molar-refractivity contribution in [1.29, 1.82) is 0 Å². The number of nitrogens with one attached hydrogen (secondary N) is 2. The van der Waals surface area contributed by atoms with Crippen LogP contribution in [0.15, 0.2) is 10.1 Å². The third-order valence-electron chi connectivity index (χ3n) is 5.07. The lowest BCUT2D eigenvalue weighted by molar-refractivity contribution is -0.0260. The number of hydrazone groups is 1. The first kappa shape index (κ1) is 13.3. The Kier molecular flexibility index (Phi) is 2.93. The SMILES string of the molecule is N/N=C(\N)NC12CC3CC(CC(N=C(N)NN)(C3)C1)C2. The van der Waals surface area contributed by atoms with Gasteiger partial charge < -0.3 is 22.6 Å². The van der Waals surface area contributed by atoms with Crippen LogP contribution < -0.4 is 33.9 Å². The first-order chi connectivity index (χ1) is 9.48. The molecule has 2 atom stereocenters. The first-order valence-corrected chi connectivity index (χ1v) is 7.12. The number of rotatable bonds is 2. The zero-order valence-corrected chi connectivity index (χ0v) is 11.6. The Labute approximate surface area is 118 Å². The topological polar surface area (TPSA) is 153 Å². The molecule has 10 N–H and O–H groups in total. The molecule has 8 nitrogen and oxygen atoms in total. The summed E-state index contributed by atoms with van der Waals surface area (Å²) >= 11 is 0. The molecule has 0 saturated heterocycles. The van der Waals surface area contributed by atoms with Crippen LogP contribution in [0.3, 0.4) is 0 Å². The maximum absolute atomic E-state index is 5.79. The lowest BCUT2D eigenvalue weighted by atomic mass is 9.50. The van der Waals surface area contributed by atoms with E-state index < -0.39 is 0 Å². The predicted molar refractivity (Wildman–Crippen MR) is 78.0 cm³/mol. The van der Waals surface area contributed by atoms with Crippen LogP contribution in [-0.2, 0) is 0 Å². The normalized spacial score (nSPS) is 43.6. The van der Waals surface area contributed by atoms with Crippen molar-refractivity contribution in [3.63, 3.8) is 0 Å². The minimum atomic E-state index is -0.123. The second-order valence-electron chi connectivity index (χ2n) is 6.75. The second kappa shape index (κ2) is 4.41. The molecule has 0 spiro atoms. The number of hydrogen-bond donors (Lipinski definition) is 6. The summed E-state index contributed by atoms with van der Waals surface area (Å²) in [6, 6.07) is 0. The molecule has 8 heteroatoms. The molecule has 4 saturated carbocycles. The third kappa shape index (κ3) is 2.13. The van der Waals surface area contributed by atoms with Crippen molar-refractivity contribution in [3.05, 3.63) is 0 Å². The van der Waals surface area contributed by atoms with Crippen molar-refractivity contribution in [3.8, 4) is 0 Å². The Morgan fingerprint density at radius 1 is 1.05 bits per heavy atom. The number of nitrogens with two attached hydrogens (primary N) is 4. The fraction of sp³-hybridized carbons (Fsp3) is 0.833. The summed E-state index contributed by atoms with van der Waals surface area (Å²) < 4.78 is 0. The maximum atomic E-state index is 5.79. The third-order valence-corrected chi connectivity index (χ3v) is 5.07. The Morgan fingerprint density at radius 3 is 2.25 bits per heavy atom. The highest BCUT2D eigenvalue weighted by Crippen LogP contribution is 2.58. The monoisotopic (exact) mass is 280 g/mol. The molecule has 4 bridgehead atoms. The van der Waals surface area contributed by atoms with Crippen molar-refractivity contribution in [2.24, 2.45) is 45.1 Å². The number of hydrazine groups is 1. The Bertz CT molecular complexity index is 442. The molecule has 0 aromatic rings. The van der Waals surface area contributed by atoms with E-state index >= 15 is 0 Å². The zero-order valence-electron chi connectivity index (χ0n) is 11.6. The van der Waals surface area contributed by atoms with Gasteiger partial charge in [0.2, 0.25) is 11.9 Å². The van der Waals surface area contributed by atoms with Crippen LogP contribution in [0.25, 0.3) is 0 Å². The zero-order chi connectivity index (χ0) is 14.4. The van der Waals surface area contributed by atoms with E-state index in [2.05, 4.69) is 20.8 Å². The van der Waals surface area contributed by atoms with Gasteiger partial charge in [0.25, 0.3) is 0 Å². The van der Waals surface area contributed by atoms with Crippen LogP contribution in [0.1, 0.15) is 38.5 Å². The Balaban J connectivity index is 1.89. The number of guanidine groups is 2. The second-order valence-corrected chi connectivity index (χ2v) is 6.75. The number of aliphatic imine (C=N–C) groups is 1. The average Bonchev–Trinajstić information content (AvgIpc) is 2.35. The van der Waals surface area contributed by atoms with E-state index in [-0.39, 0.29) is 11.1 Å². The van der Waals surface area contributed by atoms with Gasteiger partial charge in [0.05, 0.1) is 5.54 Å². The largest absolute Gasteiger partial charge is 0.369 e. The molecule has 0 aromatic heterocycles. The molecule has 4 aliphatic rings. The van der Waals surface area contributed by atoms with Gasteiger partial charge in [-0.3, -0.25) is 5.43 Å². The molecule has 20 heavy (non-hydrogen) atoms. The number of hydrogen-bond acceptors (Lipinski definition) is 4. The van der Waals surface area contributed by atoms with Crippen LogP contribution in [-0.4, -0.2) is 23.0 Å². The molecule has 2 unspecified atom stereocenters. The van der Waals surface area contributed by atoms with Gasteiger partial charge in [-0.2, -0.15) is 0 Å². The summed E-state index contributed by atoms with van der Waals surface area (Å²) in [4.78, 5) is 4.67. The molecule has 112 valence electrons. The van der Waals surface area contributed by atoms with Crippen LogP contribution >= 0.6 is 0 Å². The minimum Gasteiger partial charge on any atom is -0.369 e. The molecule has 0 radical (unpaired) electrons. The van der Waals surface area contributed by atoms with Crippen LogP contribution in [0.5, 0.6) is 0 Å². The molecule has 4 rings (SSSR count). The van der Waals surface area contributed by atoms with E-state index in [0.717, 1.165) is 32.1 Å². The van der Waals surface area contributed by atoms with Crippen molar-refractivity contribution in [1.82, 2.24) is 10.7 Å². The average molecular weight is 280 g/mol. The van der Waals surface area contributed by atoms with E-state index in [9.17, 15) is 0 Å². The molecule has 0 aliphatic heterocycles. The van der Waals surface area contributed by atoms with Crippen molar-refractivity contribution in [2.45, 2.75) is 49.6 Å². The highest BCUT2D eigenvalue weighted by Gasteiger charge is 2.58. The highest BCUT2D eigenvalue weighted by molar-refractivity contribution is 5.79. The summed E-state index contributed by atoms with van der Waals surface area (Å²) in [6.07, 6.45) is 6.55. The molecule has 4 aliphatic carbocycles. The van der Waals surface area contributed by atoms with Gasteiger partial charge in [-0.25, -0.2) is 10.8 Å². The number of nitrogens with zero attached hydrogens (tertiary/aromatic N) is 2. The molecular formula is C12H24N8. The predicted octanol–water partition coefficient (Wildman–Crippen LogP) is -1.37. The van der Waals surface area contributed by atoms with Gasteiger partial charge >= 0.3 is 0 Å². The molecule has 0 aromatic carbocycles. The minimum absolute atomic E-state index is 0.0462. The van der Waals surface area contributed by atoms with Gasteiger partial charge in [0, 0.05) is 5.54 Å². The lowest BCUT2D eigenvalue weighted by Crippen LogP contribution is -2.66. The summed E-state index contributed by atoms with van der Waals surface area (Å²) in [5.41, 5.74) is 13.9. The van der Waals surface area contributed by atoms with Crippen molar-refractivity contribution in [2.75, 3.05) is 0 Å². The quantitative estimate of drug-likeness (QED) is 0.159. The summed E-state index contributed by atoms with van der Waals surface area (Å²) in [5, 5.41) is 6.89. The van der Waals surface area contributed by atoms with Gasteiger partial charge in [-0.05, 0) is 50.4 Å². The van der Waals surface area contributed by atoms with Crippen LogP contribution in [0, 0.1) is 11.8 Å². The van der Waals surface area contributed by atoms with Gasteiger partial charge in [-0.15, -0.1) is 5.10 Å². The molecular weight excluding hydrogens is 256 g/mol. The smallest absolute Gasteiger partial charge is 0.211 e. The summed E-state index contributed by atoms with van der Waals surface area (Å²) in [7, 11) is 0. The van der Waals surface area contributed by atoms with E-state index in [1.54, 1.807) is 0 Å². The van der Waals surface area contributed by atoms with E-state index in [1.165, 1.54) is 6.42 Å². The van der Waals surface area contributed by atoms with Gasteiger partial charge in [0.1, 0.15) is 0 Å². The van der Waals surface area contributed by atoms with Gasteiger partial charge in [-0.1, -0.05) is 0 Å². The summed E-state index contributed by atoms with van der Waals surface area (Å²) in [5.74, 6) is 12.5. The van der Waals surface area contributed by atoms with Crippen molar-refractivity contribution >= 4 is 11.9 Å². The van der Waals surface area contributed by atoms with Crippen molar-refractivity contribution < 1.29 is 0 Å². The lowest BCUT2D eigenvalue weighted by Gasteiger charge is -2.60. The summed E-state index contributed by atoms with van der Waals surface area (Å²) in [6.45, 7) is 0. The van der Waals surface area contributed by atoms with E-state index in [1.807, 2.05) is 0 Å².